The van der Waals surface area contributed by atoms with Crippen LogP contribution < -0.4 is 11.5 Å². The Morgan fingerprint density at radius 2 is 2.36 bits per heavy atom. The van der Waals surface area contributed by atoms with E-state index in [0.29, 0.717) is 5.82 Å². The van der Waals surface area contributed by atoms with Crippen LogP contribution in [-0.2, 0) is 0 Å². The summed E-state index contributed by atoms with van der Waals surface area (Å²) < 4.78 is 0. The molecular formula is C8H11N3. The zero-order chi connectivity index (χ0) is 8.27. The van der Waals surface area contributed by atoms with Gasteiger partial charge in [0.25, 0.3) is 0 Å². The molecule has 0 saturated heterocycles. The number of hydrogen-bond acceptors (Lipinski definition) is 3. The molecule has 0 bridgehead atoms. The van der Waals surface area contributed by atoms with E-state index in [0.717, 1.165) is 5.56 Å². The van der Waals surface area contributed by atoms with Crippen molar-refractivity contribution in [3.8, 4) is 0 Å². The van der Waals surface area contributed by atoms with Crippen molar-refractivity contribution in [1.29, 1.82) is 0 Å². The van der Waals surface area contributed by atoms with Gasteiger partial charge < -0.3 is 11.5 Å². The summed E-state index contributed by atoms with van der Waals surface area (Å²) in [5, 5.41) is 0. The second kappa shape index (κ2) is 3.16. The van der Waals surface area contributed by atoms with Gasteiger partial charge in [-0.05, 0) is 17.7 Å². The van der Waals surface area contributed by atoms with Crippen LogP contribution in [0.25, 0.3) is 0 Å². The Hall–Kier alpha value is -1.35. The number of nitrogen functional groups attached to an aromatic ring is 1. The third-order valence-electron chi connectivity index (χ3n) is 1.44. The quantitative estimate of drug-likeness (QED) is 0.612. The molecule has 4 N–H and O–H groups in total. The molecule has 1 aromatic rings. The van der Waals surface area contributed by atoms with Crippen LogP contribution >= 0.6 is 0 Å². The summed E-state index contributed by atoms with van der Waals surface area (Å²) in [6.45, 7) is 3.58. The average molecular weight is 149 g/mol. The van der Waals surface area contributed by atoms with Crippen molar-refractivity contribution in [3.63, 3.8) is 0 Å². The first-order valence-corrected chi connectivity index (χ1v) is 3.33. The highest BCUT2D eigenvalue weighted by Crippen LogP contribution is 2.11. The number of pyridine rings is 1. The van der Waals surface area contributed by atoms with Crippen molar-refractivity contribution < 1.29 is 0 Å². The van der Waals surface area contributed by atoms with Gasteiger partial charge in [-0.25, -0.2) is 4.98 Å². The molecule has 1 atom stereocenters. The van der Waals surface area contributed by atoms with Crippen LogP contribution in [0.15, 0.2) is 31.0 Å². The molecule has 3 heteroatoms. The fourth-order valence-corrected chi connectivity index (χ4v) is 0.809. The Morgan fingerprint density at radius 1 is 1.64 bits per heavy atom. The summed E-state index contributed by atoms with van der Waals surface area (Å²) in [4.78, 5) is 3.84. The summed E-state index contributed by atoms with van der Waals surface area (Å²) >= 11 is 0. The van der Waals surface area contributed by atoms with Crippen molar-refractivity contribution in [2.75, 3.05) is 5.73 Å². The Kier molecular flexibility index (Phi) is 2.23. The predicted octanol–water partition coefficient (Wildman–Crippen LogP) is 0.850. The van der Waals surface area contributed by atoms with Crippen LogP contribution in [0.5, 0.6) is 0 Å². The first kappa shape index (κ1) is 7.75. The molecule has 0 aliphatic rings. The van der Waals surface area contributed by atoms with Crippen LogP contribution in [0.2, 0.25) is 0 Å². The third-order valence-corrected chi connectivity index (χ3v) is 1.44. The summed E-state index contributed by atoms with van der Waals surface area (Å²) in [6.07, 6.45) is 3.29. The van der Waals surface area contributed by atoms with Gasteiger partial charge in [0.05, 0.1) is 0 Å². The highest BCUT2D eigenvalue weighted by molar-refractivity contribution is 5.34. The monoisotopic (exact) mass is 149 g/mol. The van der Waals surface area contributed by atoms with Gasteiger partial charge in [-0.1, -0.05) is 6.08 Å². The summed E-state index contributed by atoms with van der Waals surface area (Å²) in [6, 6.07) is 3.41. The van der Waals surface area contributed by atoms with E-state index in [1.54, 1.807) is 18.3 Å². The second-order valence-electron chi connectivity index (χ2n) is 2.28. The molecular weight excluding hydrogens is 138 g/mol. The normalized spacial score (nSPS) is 12.5. The first-order valence-electron chi connectivity index (χ1n) is 3.33. The summed E-state index contributed by atoms with van der Waals surface area (Å²) in [7, 11) is 0. The number of nitrogens with zero attached hydrogens (tertiary/aromatic N) is 1. The highest BCUT2D eigenvalue weighted by atomic mass is 14.8. The van der Waals surface area contributed by atoms with Crippen molar-refractivity contribution in [3.05, 3.63) is 36.5 Å². The molecule has 1 aromatic heterocycles. The Balaban J connectivity index is 2.95. The van der Waals surface area contributed by atoms with Crippen LogP contribution in [0, 0.1) is 0 Å². The van der Waals surface area contributed by atoms with E-state index >= 15 is 0 Å². The lowest BCUT2D eigenvalue weighted by Gasteiger charge is -2.05. The molecule has 1 unspecified atom stereocenters. The van der Waals surface area contributed by atoms with Crippen LogP contribution in [0.3, 0.4) is 0 Å². The van der Waals surface area contributed by atoms with Gasteiger partial charge in [0.2, 0.25) is 0 Å². The fourth-order valence-electron chi connectivity index (χ4n) is 0.809. The van der Waals surface area contributed by atoms with Crippen LogP contribution in [0.1, 0.15) is 11.6 Å². The second-order valence-corrected chi connectivity index (χ2v) is 2.28. The molecule has 1 heterocycles. The topological polar surface area (TPSA) is 64.9 Å². The maximum atomic E-state index is 5.66. The van der Waals surface area contributed by atoms with E-state index in [1.165, 1.54) is 0 Å². The standard InChI is InChI=1S/C8H11N3/c1-2-7(9)6-3-4-11-8(10)5-6/h2-5,7H,1,9H2,(H2,10,11). The van der Waals surface area contributed by atoms with E-state index < -0.39 is 0 Å². The molecule has 0 aliphatic heterocycles. The van der Waals surface area contributed by atoms with E-state index in [4.69, 9.17) is 11.5 Å². The van der Waals surface area contributed by atoms with E-state index in [2.05, 4.69) is 11.6 Å². The summed E-state index contributed by atoms with van der Waals surface area (Å²) in [5.41, 5.74) is 12.0. The number of hydrogen-bond donors (Lipinski definition) is 2. The van der Waals surface area contributed by atoms with Crippen LogP contribution in [0.4, 0.5) is 5.82 Å². The molecule has 0 saturated carbocycles. The third kappa shape index (κ3) is 1.78. The van der Waals surface area contributed by atoms with Gasteiger partial charge in [0.1, 0.15) is 5.82 Å². The molecule has 0 radical (unpaired) electrons. The molecule has 0 fully saturated rings. The molecule has 58 valence electrons. The Bertz CT molecular complexity index is 257. The highest BCUT2D eigenvalue weighted by Gasteiger charge is 1.99. The van der Waals surface area contributed by atoms with E-state index in [-0.39, 0.29) is 6.04 Å². The minimum Gasteiger partial charge on any atom is -0.384 e. The van der Waals surface area contributed by atoms with Crippen molar-refractivity contribution in [2.24, 2.45) is 5.73 Å². The van der Waals surface area contributed by atoms with Crippen molar-refractivity contribution >= 4 is 5.82 Å². The van der Waals surface area contributed by atoms with E-state index in [9.17, 15) is 0 Å². The minimum absolute atomic E-state index is 0.153. The van der Waals surface area contributed by atoms with Gasteiger partial charge >= 0.3 is 0 Å². The summed E-state index contributed by atoms with van der Waals surface area (Å²) in [5.74, 6) is 0.486. The number of aromatic nitrogens is 1. The van der Waals surface area contributed by atoms with Gasteiger partial charge in [-0.3, -0.25) is 0 Å². The molecule has 11 heavy (non-hydrogen) atoms. The molecule has 0 spiro atoms. The van der Waals surface area contributed by atoms with Crippen LogP contribution in [-0.4, -0.2) is 4.98 Å². The lowest BCUT2D eigenvalue weighted by Crippen LogP contribution is -2.07. The SMILES string of the molecule is C=CC(N)c1ccnc(N)c1. The van der Waals surface area contributed by atoms with Gasteiger partial charge in [0.15, 0.2) is 0 Å². The molecule has 0 aromatic carbocycles. The van der Waals surface area contributed by atoms with E-state index in [1.807, 2.05) is 6.07 Å². The van der Waals surface area contributed by atoms with Crippen molar-refractivity contribution in [2.45, 2.75) is 6.04 Å². The molecule has 1 rings (SSSR count). The zero-order valence-corrected chi connectivity index (χ0v) is 6.20. The first-order chi connectivity index (χ1) is 5.24. The average Bonchev–Trinajstić information content (AvgIpc) is 2.03. The van der Waals surface area contributed by atoms with Gasteiger partial charge in [-0.2, -0.15) is 0 Å². The molecule has 0 amide bonds. The maximum absolute atomic E-state index is 5.66. The van der Waals surface area contributed by atoms with Crippen molar-refractivity contribution in [1.82, 2.24) is 4.98 Å². The lowest BCUT2D eigenvalue weighted by atomic mass is 10.1. The Labute approximate surface area is 65.7 Å². The minimum atomic E-state index is -0.153. The number of rotatable bonds is 2. The Morgan fingerprint density at radius 3 is 2.91 bits per heavy atom. The molecule has 3 nitrogen and oxygen atoms in total. The fraction of sp³-hybridized carbons (Fsp3) is 0.125. The van der Waals surface area contributed by atoms with Gasteiger partial charge in [-0.15, -0.1) is 6.58 Å². The lowest BCUT2D eigenvalue weighted by molar-refractivity contribution is 0.911. The molecule has 0 aliphatic carbocycles. The predicted molar refractivity (Wildman–Crippen MR) is 45.8 cm³/mol. The zero-order valence-electron chi connectivity index (χ0n) is 6.20. The van der Waals surface area contributed by atoms with Gasteiger partial charge in [0, 0.05) is 12.2 Å². The number of nitrogens with two attached hydrogens (primary N) is 2. The number of anilines is 1. The maximum Gasteiger partial charge on any atom is 0.123 e. The smallest absolute Gasteiger partial charge is 0.123 e. The largest absolute Gasteiger partial charge is 0.384 e.